The molecule has 1 unspecified atom stereocenters. The summed E-state index contributed by atoms with van der Waals surface area (Å²) in [6, 6.07) is 12.1. The van der Waals surface area contributed by atoms with Gasteiger partial charge in [-0.2, -0.15) is 0 Å². The van der Waals surface area contributed by atoms with Crippen LogP contribution in [0.25, 0.3) is 11.0 Å². The molecule has 3 heteroatoms. The first-order chi connectivity index (χ1) is 9.85. The number of benzene rings is 1. The number of fused-ring (bicyclic) bond motifs is 1. The predicted molar refractivity (Wildman–Crippen MR) is 79.8 cm³/mol. The van der Waals surface area contributed by atoms with E-state index in [2.05, 4.69) is 25.2 Å². The second kappa shape index (κ2) is 5.55. The Balaban J connectivity index is 2.19. The highest BCUT2D eigenvalue weighted by molar-refractivity contribution is 5.83. The standard InChI is InChI=1S/C17H19NO2/c1-3-13-16(12-8-5-6-9-14(12)20-13)17(18-4-2)15-10-7-11-19-15/h5-11,17-18H,3-4H2,1-2H3. The van der Waals surface area contributed by atoms with E-state index >= 15 is 0 Å². The summed E-state index contributed by atoms with van der Waals surface area (Å²) in [7, 11) is 0. The minimum atomic E-state index is 0.0357. The third-order valence-electron chi connectivity index (χ3n) is 3.56. The first-order valence-corrected chi connectivity index (χ1v) is 7.12. The fraction of sp³-hybridized carbons (Fsp3) is 0.294. The molecule has 0 amide bonds. The Morgan fingerprint density at radius 3 is 2.65 bits per heavy atom. The minimum Gasteiger partial charge on any atom is -0.467 e. The van der Waals surface area contributed by atoms with Crippen LogP contribution in [0.1, 0.15) is 37.0 Å². The molecule has 0 aliphatic rings. The van der Waals surface area contributed by atoms with E-state index in [4.69, 9.17) is 8.83 Å². The van der Waals surface area contributed by atoms with E-state index in [-0.39, 0.29) is 6.04 Å². The van der Waals surface area contributed by atoms with Gasteiger partial charge in [-0.25, -0.2) is 0 Å². The maximum absolute atomic E-state index is 5.99. The van der Waals surface area contributed by atoms with Crippen molar-refractivity contribution in [1.82, 2.24) is 5.32 Å². The number of furan rings is 2. The van der Waals surface area contributed by atoms with Gasteiger partial charge in [0.25, 0.3) is 0 Å². The van der Waals surface area contributed by atoms with Gasteiger partial charge in [-0.15, -0.1) is 0 Å². The average Bonchev–Trinajstić information content (AvgIpc) is 3.12. The molecule has 20 heavy (non-hydrogen) atoms. The van der Waals surface area contributed by atoms with Crippen LogP contribution < -0.4 is 5.32 Å². The molecule has 0 aliphatic carbocycles. The topological polar surface area (TPSA) is 38.3 Å². The third kappa shape index (κ3) is 2.14. The Hall–Kier alpha value is -2.00. The average molecular weight is 269 g/mol. The molecule has 2 heterocycles. The van der Waals surface area contributed by atoms with Crippen LogP contribution in [-0.2, 0) is 6.42 Å². The van der Waals surface area contributed by atoms with Gasteiger partial charge >= 0.3 is 0 Å². The van der Waals surface area contributed by atoms with Gasteiger partial charge in [0.05, 0.1) is 12.3 Å². The van der Waals surface area contributed by atoms with Gasteiger partial charge in [0.15, 0.2) is 0 Å². The first-order valence-electron chi connectivity index (χ1n) is 7.12. The maximum Gasteiger partial charge on any atom is 0.134 e. The van der Waals surface area contributed by atoms with Crippen molar-refractivity contribution < 1.29 is 8.83 Å². The van der Waals surface area contributed by atoms with Gasteiger partial charge in [-0.05, 0) is 24.7 Å². The Labute approximate surface area is 118 Å². The molecular weight excluding hydrogens is 250 g/mol. The van der Waals surface area contributed by atoms with E-state index in [1.165, 1.54) is 5.56 Å². The molecule has 1 atom stereocenters. The monoisotopic (exact) mass is 269 g/mol. The molecule has 104 valence electrons. The first kappa shape index (κ1) is 13.0. The fourth-order valence-corrected chi connectivity index (χ4v) is 2.70. The molecule has 0 fully saturated rings. The van der Waals surface area contributed by atoms with Crippen molar-refractivity contribution >= 4 is 11.0 Å². The Bertz CT molecular complexity index is 682. The van der Waals surface area contributed by atoms with Crippen molar-refractivity contribution in [3.05, 3.63) is 59.7 Å². The van der Waals surface area contributed by atoms with Crippen molar-refractivity contribution in [2.24, 2.45) is 0 Å². The summed E-state index contributed by atoms with van der Waals surface area (Å²) in [6.07, 6.45) is 2.58. The number of rotatable bonds is 5. The van der Waals surface area contributed by atoms with Crippen molar-refractivity contribution in [2.45, 2.75) is 26.3 Å². The summed E-state index contributed by atoms with van der Waals surface area (Å²) in [6.45, 7) is 5.09. The Morgan fingerprint density at radius 2 is 1.95 bits per heavy atom. The fourth-order valence-electron chi connectivity index (χ4n) is 2.70. The molecule has 3 rings (SSSR count). The van der Waals surface area contributed by atoms with Crippen molar-refractivity contribution in [3.8, 4) is 0 Å². The van der Waals surface area contributed by atoms with Crippen molar-refractivity contribution in [2.75, 3.05) is 6.54 Å². The maximum atomic E-state index is 5.99. The largest absolute Gasteiger partial charge is 0.467 e. The molecule has 3 aromatic rings. The second-order valence-electron chi connectivity index (χ2n) is 4.79. The Kier molecular flexibility index (Phi) is 3.61. The van der Waals surface area contributed by atoms with E-state index in [9.17, 15) is 0 Å². The summed E-state index contributed by atoms with van der Waals surface area (Å²) < 4.78 is 11.6. The van der Waals surface area contributed by atoms with Gasteiger partial charge < -0.3 is 14.2 Å². The van der Waals surface area contributed by atoms with Crippen LogP contribution in [0.15, 0.2) is 51.5 Å². The number of para-hydroxylation sites is 1. The molecule has 1 N–H and O–H groups in total. The zero-order chi connectivity index (χ0) is 13.9. The van der Waals surface area contributed by atoms with Crippen LogP contribution in [0.3, 0.4) is 0 Å². The van der Waals surface area contributed by atoms with Crippen LogP contribution in [0, 0.1) is 0 Å². The highest BCUT2D eigenvalue weighted by Gasteiger charge is 2.24. The lowest BCUT2D eigenvalue weighted by Gasteiger charge is -2.16. The van der Waals surface area contributed by atoms with Crippen LogP contribution in [0.4, 0.5) is 0 Å². The minimum absolute atomic E-state index is 0.0357. The van der Waals surface area contributed by atoms with Crippen LogP contribution >= 0.6 is 0 Å². The number of aryl methyl sites for hydroxylation is 1. The van der Waals surface area contributed by atoms with E-state index in [1.807, 2.05) is 30.3 Å². The summed E-state index contributed by atoms with van der Waals surface area (Å²) in [5.74, 6) is 1.95. The van der Waals surface area contributed by atoms with Gasteiger partial charge in [0.1, 0.15) is 17.1 Å². The molecule has 2 aromatic heterocycles. The highest BCUT2D eigenvalue weighted by atomic mass is 16.3. The molecule has 1 aromatic carbocycles. The van der Waals surface area contributed by atoms with Crippen molar-refractivity contribution in [1.29, 1.82) is 0 Å². The molecule has 0 radical (unpaired) electrons. The molecule has 0 saturated heterocycles. The van der Waals surface area contributed by atoms with Gasteiger partial charge in [-0.3, -0.25) is 0 Å². The van der Waals surface area contributed by atoms with Gasteiger partial charge in [0.2, 0.25) is 0 Å². The molecular formula is C17H19NO2. The van der Waals surface area contributed by atoms with Crippen LogP contribution in [0.2, 0.25) is 0 Å². The smallest absolute Gasteiger partial charge is 0.134 e. The van der Waals surface area contributed by atoms with Crippen LogP contribution in [-0.4, -0.2) is 6.54 Å². The number of nitrogens with one attached hydrogen (secondary N) is 1. The predicted octanol–water partition coefficient (Wildman–Crippen LogP) is 4.29. The van der Waals surface area contributed by atoms with Gasteiger partial charge in [0, 0.05) is 17.4 Å². The van der Waals surface area contributed by atoms with Crippen molar-refractivity contribution in [3.63, 3.8) is 0 Å². The lowest BCUT2D eigenvalue weighted by atomic mass is 9.99. The normalized spacial score (nSPS) is 12.9. The lowest BCUT2D eigenvalue weighted by molar-refractivity contribution is 0.445. The summed E-state index contributed by atoms with van der Waals surface area (Å²) in [4.78, 5) is 0. The summed E-state index contributed by atoms with van der Waals surface area (Å²) in [5, 5.41) is 4.66. The molecule has 0 spiro atoms. The second-order valence-corrected chi connectivity index (χ2v) is 4.79. The highest BCUT2D eigenvalue weighted by Crippen LogP contribution is 2.34. The van der Waals surface area contributed by atoms with Crippen LogP contribution in [0.5, 0.6) is 0 Å². The summed E-state index contributed by atoms with van der Waals surface area (Å²) in [5.41, 5.74) is 2.13. The molecule has 0 aliphatic heterocycles. The molecule has 3 nitrogen and oxygen atoms in total. The Morgan fingerprint density at radius 1 is 1.10 bits per heavy atom. The zero-order valence-corrected chi connectivity index (χ0v) is 11.8. The number of hydrogen-bond donors (Lipinski definition) is 1. The van der Waals surface area contributed by atoms with E-state index in [0.717, 1.165) is 35.5 Å². The molecule has 0 saturated carbocycles. The number of hydrogen-bond acceptors (Lipinski definition) is 3. The lowest BCUT2D eigenvalue weighted by Crippen LogP contribution is -2.22. The van der Waals surface area contributed by atoms with E-state index < -0.39 is 0 Å². The SMILES string of the molecule is CCNC(c1ccco1)c1c(CC)oc2ccccc12. The van der Waals surface area contributed by atoms with E-state index in [0.29, 0.717) is 0 Å². The quantitative estimate of drug-likeness (QED) is 0.751. The van der Waals surface area contributed by atoms with E-state index in [1.54, 1.807) is 6.26 Å². The zero-order valence-electron chi connectivity index (χ0n) is 11.8. The van der Waals surface area contributed by atoms with Gasteiger partial charge in [-0.1, -0.05) is 32.0 Å². The third-order valence-corrected chi connectivity index (χ3v) is 3.56. The molecule has 0 bridgehead atoms. The summed E-state index contributed by atoms with van der Waals surface area (Å²) >= 11 is 0.